The Kier molecular flexibility index (Phi) is 4.95. The number of benzene rings is 2. The summed E-state index contributed by atoms with van der Waals surface area (Å²) in [5.41, 5.74) is 7.94. The van der Waals surface area contributed by atoms with Crippen LogP contribution in [0.15, 0.2) is 48.5 Å². The lowest BCUT2D eigenvalue weighted by Crippen LogP contribution is -2.19. The van der Waals surface area contributed by atoms with Crippen molar-refractivity contribution < 1.29 is 9.53 Å². The van der Waals surface area contributed by atoms with Gasteiger partial charge in [-0.1, -0.05) is 30.3 Å². The van der Waals surface area contributed by atoms with Crippen LogP contribution in [0.5, 0.6) is 5.75 Å². The molecule has 0 saturated heterocycles. The van der Waals surface area contributed by atoms with Gasteiger partial charge in [-0.3, -0.25) is 4.79 Å². The fourth-order valence-electron chi connectivity index (χ4n) is 2.24. The molecule has 2 aromatic rings. The standard InChI is InChI=1S/C17H20N2O2/c1-12(15-8-3-4-9-16(15)21-2)19-11-13-6-5-7-14(10-13)17(18)20/h3-10,12,19H,11H2,1-2H3,(H2,18,20). The normalized spacial score (nSPS) is 11.9. The molecule has 110 valence electrons. The molecule has 1 unspecified atom stereocenters. The van der Waals surface area contributed by atoms with E-state index in [0.717, 1.165) is 16.9 Å². The second-order valence-electron chi connectivity index (χ2n) is 4.91. The van der Waals surface area contributed by atoms with Crippen LogP contribution in [0, 0.1) is 0 Å². The summed E-state index contributed by atoms with van der Waals surface area (Å²) >= 11 is 0. The molecule has 0 spiro atoms. The molecule has 21 heavy (non-hydrogen) atoms. The monoisotopic (exact) mass is 284 g/mol. The number of rotatable bonds is 6. The summed E-state index contributed by atoms with van der Waals surface area (Å²) in [4.78, 5) is 11.2. The second-order valence-corrected chi connectivity index (χ2v) is 4.91. The van der Waals surface area contributed by atoms with Crippen LogP contribution in [-0.4, -0.2) is 13.0 Å². The molecule has 0 aliphatic rings. The SMILES string of the molecule is COc1ccccc1C(C)NCc1cccc(C(N)=O)c1. The molecular formula is C17H20N2O2. The smallest absolute Gasteiger partial charge is 0.248 e. The van der Waals surface area contributed by atoms with Crippen molar-refractivity contribution in [2.24, 2.45) is 5.73 Å². The number of para-hydroxylation sites is 1. The number of carbonyl (C=O) groups is 1. The third kappa shape index (κ3) is 3.83. The molecule has 1 amide bonds. The van der Waals surface area contributed by atoms with Crippen LogP contribution in [0.3, 0.4) is 0 Å². The number of amides is 1. The van der Waals surface area contributed by atoms with Gasteiger partial charge in [0.2, 0.25) is 5.91 Å². The van der Waals surface area contributed by atoms with E-state index in [1.807, 2.05) is 42.5 Å². The summed E-state index contributed by atoms with van der Waals surface area (Å²) in [6, 6.07) is 15.4. The van der Waals surface area contributed by atoms with Gasteiger partial charge in [0.05, 0.1) is 7.11 Å². The third-order valence-corrected chi connectivity index (χ3v) is 3.43. The zero-order valence-electron chi connectivity index (χ0n) is 12.3. The van der Waals surface area contributed by atoms with Crippen molar-refractivity contribution in [2.45, 2.75) is 19.5 Å². The van der Waals surface area contributed by atoms with Gasteiger partial charge in [-0.2, -0.15) is 0 Å². The van der Waals surface area contributed by atoms with Crippen molar-refractivity contribution in [2.75, 3.05) is 7.11 Å². The first-order valence-corrected chi connectivity index (χ1v) is 6.87. The number of primary amides is 1. The molecule has 0 saturated carbocycles. The Labute approximate surface area is 124 Å². The Morgan fingerprint density at radius 2 is 2.00 bits per heavy atom. The Morgan fingerprint density at radius 3 is 2.71 bits per heavy atom. The molecule has 0 fully saturated rings. The van der Waals surface area contributed by atoms with Crippen LogP contribution in [0.25, 0.3) is 0 Å². The molecule has 1 atom stereocenters. The molecular weight excluding hydrogens is 264 g/mol. The van der Waals surface area contributed by atoms with E-state index in [4.69, 9.17) is 10.5 Å². The lowest BCUT2D eigenvalue weighted by molar-refractivity contribution is 0.1000. The minimum absolute atomic E-state index is 0.137. The van der Waals surface area contributed by atoms with Crippen molar-refractivity contribution in [1.82, 2.24) is 5.32 Å². The first-order chi connectivity index (χ1) is 10.1. The van der Waals surface area contributed by atoms with Crippen LogP contribution < -0.4 is 15.8 Å². The molecule has 0 aliphatic heterocycles. The lowest BCUT2D eigenvalue weighted by Gasteiger charge is -2.17. The van der Waals surface area contributed by atoms with Gasteiger partial charge in [-0.05, 0) is 30.7 Å². The highest BCUT2D eigenvalue weighted by molar-refractivity contribution is 5.92. The molecule has 4 nitrogen and oxygen atoms in total. The molecule has 3 N–H and O–H groups in total. The first-order valence-electron chi connectivity index (χ1n) is 6.87. The minimum Gasteiger partial charge on any atom is -0.496 e. The highest BCUT2D eigenvalue weighted by Crippen LogP contribution is 2.24. The molecule has 0 bridgehead atoms. The Balaban J connectivity index is 2.05. The molecule has 0 heterocycles. The van der Waals surface area contributed by atoms with Gasteiger partial charge >= 0.3 is 0 Å². The maximum absolute atomic E-state index is 11.2. The average Bonchev–Trinajstić information content (AvgIpc) is 2.52. The van der Waals surface area contributed by atoms with Gasteiger partial charge < -0.3 is 15.8 Å². The molecule has 0 aliphatic carbocycles. The number of hydrogen-bond acceptors (Lipinski definition) is 3. The van der Waals surface area contributed by atoms with E-state index in [1.165, 1.54) is 0 Å². The van der Waals surface area contributed by atoms with Crippen molar-refractivity contribution >= 4 is 5.91 Å². The van der Waals surface area contributed by atoms with Gasteiger partial charge in [0, 0.05) is 23.7 Å². The van der Waals surface area contributed by atoms with Crippen LogP contribution in [0.1, 0.15) is 34.5 Å². The highest BCUT2D eigenvalue weighted by atomic mass is 16.5. The zero-order chi connectivity index (χ0) is 15.2. The molecule has 0 radical (unpaired) electrons. The Bertz CT molecular complexity index is 626. The van der Waals surface area contributed by atoms with Crippen LogP contribution in [0.4, 0.5) is 0 Å². The summed E-state index contributed by atoms with van der Waals surface area (Å²) < 4.78 is 5.37. The molecule has 2 rings (SSSR count). The highest BCUT2D eigenvalue weighted by Gasteiger charge is 2.10. The molecule has 4 heteroatoms. The van der Waals surface area contributed by atoms with Crippen molar-refractivity contribution in [1.29, 1.82) is 0 Å². The quantitative estimate of drug-likeness (QED) is 0.857. The minimum atomic E-state index is -0.408. The number of ether oxygens (including phenoxy) is 1. The van der Waals surface area contributed by atoms with Crippen LogP contribution in [0.2, 0.25) is 0 Å². The molecule has 0 aromatic heterocycles. The predicted octanol–water partition coefficient (Wildman–Crippen LogP) is 2.64. The third-order valence-electron chi connectivity index (χ3n) is 3.43. The van der Waals surface area contributed by atoms with Crippen LogP contribution >= 0.6 is 0 Å². The molecule has 2 aromatic carbocycles. The number of nitrogens with two attached hydrogens (primary N) is 1. The largest absolute Gasteiger partial charge is 0.496 e. The van der Waals surface area contributed by atoms with Crippen molar-refractivity contribution in [3.63, 3.8) is 0 Å². The second kappa shape index (κ2) is 6.90. The van der Waals surface area contributed by atoms with Gasteiger partial charge in [-0.25, -0.2) is 0 Å². The fraction of sp³-hybridized carbons (Fsp3) is 0.235. The van der Waals surface area contributed by atoms with E-state index < -0.39 is 5.91 Å². The summed E-state index contributed by atoms with van der Waals surface area (Å²) in [7, 11) is 1.67. The van der Waals surface area contributed by atoms with Gasteiger partial charge in [-0.15, -0.1) is 0 Å². The number of methoxy groups -OCH3 is 1. The van der Waals surface area contributed by atoms with Gasteiger partial charge in [0.15, 0.2) is 0 Å². The lowest BCUT2D eigenvalue weighted by atomic mass is 10.1. The van der Waals surface area contributed by atoms with Gasteiger partial charge in [0.25, 0.3) is 0 Å². The summed E-state index contributed by atoms with van der Waals surface area (Å²) in [5.74, 6) is 0.456. The first kappa shape index (κ1) is 15.1. The topological polar surface area (TPSA) is 64.3 Å². The maximum Gasteiger partial charge on any atom is 0.248 e. The fourth-order valence-corrected chi connectivity index (χ4v) is 2.24. The number of hydrogen-bond donors (Lipinski definition) is 2. The van der Waals surface area contributed by atoms with Crippen molar-refractivity contribution in [3.05, 3.63) is 65.2 Å². The van der Waals surface area contributed by atoms with Crippen molar-refractivity contribution in [3.8, 4) is 5.75 Å². The Morgan fingerprint density at radius 1 is 1.24 bits per heavy atom. The van der Waals surface area contributed by atoms with E-state index in [0.29, 0.717) is 12.1 Å². The number of carbonyl (C=O) groups excluding carboxylic acids is 1. The summed E-state index contributed by atoms with van der Waals surface area (Å²) in [6.07, 6.45) is 0. The summed E-state index contributed by atoms with van der Waals surface area (Å²) in [6.45, 7) is 2.73. The van der Waals surface area contributed by atoms with E-state index in [-0.39, 0.29) is 6.04 Å². The van der Waals surface area contributed by atoms with E-state index in [2.05, 4.69) is 12.2 Å². The van der Waals surface area contributed by atoms with Crippen LogP contribution in [-0.2, 0) is 6.54 Å². The van der Waals surface area contributed by atoms with E-state index >= 15 is 0 Å². The maximum atomic E-state index is 11.2. The Hall–Kier alpha value is -2.33. The zero-order valence-corrected chi connectivity index (χ0v) is 12.3. The predicted molar refractivity (Wildman–Crippen MR) is 83.2 cm³/mol. The van der Waals surface area contributed by atoms with E-state index in [9.17, 15) is 4.79 Å². The van der Waals surface area contributed by atoms with E-state index in [1.54, 1.807) is 13.2 Å². The number of nitrogens with one attached hydrogen (secondary N) is 1. The average molecular weight is 284 g/mol. The summed E-state index contributed by atoms with van der Waals surface area (Å²) in [5, 5.41) is 3.42. The van der Waals surface area contributed by atoms with Gasteiger partial charge in [0.1, 0.15) is 5.75 Å².